The fraction of sp³-hybridized carbons (Fsp3) is 0.923. The van der Waals surface area contributed by atoms with Gasteiger partial charge in [0, 0.05) is 39.3 Å². The number of carbonyl (C=O) groups is 1. The second-order valence-electron chi connectivity index (χ2n) is 5.84. The monoisotopic (exact) mass is 254 g/mol. The molecule has 0 aromatic rings. The number of rotatable bonds is 3. The van der Waals surface area contributed by atoms with Gasteiger partial charge in [0.1, 0.15) is 0 Å². The van der Waals surface area contributed by atoms with E-state index in [9.17, 15) is 4.79 Å². The van der Waals surface area contributed by atoms with E-state index in [-0.39, 0.29) is 5.91 Å². The molecule has 0 bridgehead atoms. The number of carbonyl (C=O) groups excluding carboxylic acids is 1. The summed E-state index contributed by atoms with van der Waals surface area (Å²) in [5.41, 5.74) is 5.93. The lowest BCUT2D eigenvalue weighted by Gasteiger charge is -2.34. The van der Waals surface area contributed by atoms with Gasteiger partial charge in [0.25, 0.3) is 0 Å². The quantitative estimate of drug-likeness (QED) is 0.743. The molecule has 1 atom stereocenters. The van der Waals surface area contributed by atoms with Gasteiger partial charge in [0.05, 0.1) is 6.54 Å². The van der Waals surface area contributed by atoms with Crippen LogP contribution in [0, 0.1) is 0 Å². The molecule has 0 radical (unpaired) electrons. The van der Waals surface area contributed by atoms with Gasteiger partial charge in [-0.15, -0.1) is 0 Å². The zero-order chi connectivity index (χ0) is 13.1. The van der Waals surface area contributed by atoms with Gasteiger partial charge >= 0.3 is 0 Å². The van der Waals surface area contributed by atoms with Gasteiger partial charge in [0.15, 0.2) is 0 Å². The molecule has 0 aromatic carbocycles. The van der Waals surface area contributed by atoms with E-state index in [2.05, 4.69) is 9.80 Å². The highest BCUT2D eigenvalue weighted by Gasteiger charge is 2.30. The fourth-order valence-electron chi connectivity index (χ4n) is 2.87. The molecule has 1 unspecified atom stereocenters. The molecule has 1 amide bonds. The largest absolute Gasteiger partial charge is 0.348 e. The Hall–Kier alpha value is -0.650. The summed E-state index contributed by atoms with van der Waals surface area (Å²) in [4.78, 5) is 18.2. The maximum absolute atomic E-state index is 11.7. The van der Waals surface area contributed by atoms with Gasteiger partial charge in [-0.2, -0.15) is 0 Å². The van der Waals surface area contributed by atoms with Crippen molar-refractivity contribution in [3.63, 3.8) is 0 Å². The van der Waals surface area contributed by atoms with Crippen LogP contribution in [0.1, 0.15) is 19.3 Å². The van der Waals surface area contributed by atoms with Crippen LogP contribution < -0.4 is 5.73 Å². The van der Waals surface area contributed by atoms with Crippen LogP contribution in [0.3, 0.4) is 0 Å². The predicted molar refractivity (Wildman–Crippen MR) is 72.3 cm³/mol. The summed E-state index contributed by atoms with van der Waals surface area (Å²) in [6.07, 6.45) is 3.43. The molecular formula is C13H26N4O. The van der Waals surface area contributed by atoms with Crippen molar-refractivity contribution in [1.29, 1.82) is 0 Å². The molecule has 104 valence electrons. The van der Waals surface area contributed by atoms with Crippen LogP contribution in [0.15, 0.2) is 0 Å². The lowest BCUT2D eigenvalue weighted by molar-refractivity contribution is -0.129. The lowest BCUT2D eigenvalue weighted by Crippen LogP contribution is -2.46. The minimum atomic E-state index is 0.205. The molecule has 2 rings (SSSR count). The summed E-state index contributed by atoms with van der Waals surface area (Å²) in [6, 6.07) is 1.03. The average molecular weight is 254 g/mol. The molecule has 18 heavy (non-hydrogen) atoms. The van der Waals surface area contributed by atoms with Crippen LogP contribution >= 0.6 is 0 Å². The van der Waals surface area contributed by atoms with Crippen LogP contribution in [0.5, 0.6) is 0 Å². The number of hydrogen-bond acceptors (Lipinski definition) is 4. The van der Waals surface area contributed by atoms with Crippen molar-refractivity contribution >= 4 is 5.91 Å². The van der Waals surface area contributed by atoms with Gasteiger partial charge < -0.3 is 10.6 Å². The van der Waals surface area contributed by atoms with E-state index >= 15 is 0 Å². The van der Waals surface area contributed by atoms with Crippen molar-refractivity contribution in [2.75, 3.05) is 46.8 Å². The first-order chi connectivity index (χ1) is 8.56. The summed E-state index contributed by atoms with van der Waals surface area (Å²) in [6.45, 7) is 4.90. The molecule has 2 saturated heterocycles. The fourth-order valence-corrected chi connectivity index (χ4v) is 2.87. The molecule has 2 N–H and O–H groups in total. The van der Waals surface area contributed by atoms with E-state index in [1.54, 1.807) is 4.90 Å². The Bertz CT molecular complexity index is 287. The van der Waals surface area contributed by atoms with Crippen molar-refractivity contribution < 1.29 is 4.79 Å². The first-order valence-electron chi connectivity index (χ1n) is 6.98. The van der Waals surface area contributed by atoms with Gasteiger partial charge in [-0.25, -0.2) is 0 Å². The predicted octanol–water partition coefficient (Wildman–Crippen LogP) is -0.428. The molecule has 0 saturated carbocycles. The zero-order valence-electron chi connectivity index (χ0n) is 11.6. The van der Waals surface area contributed by atoms with Crippen molar-refractivity contribution in [2.24, 2.45) is 5.73 Å². The SMILES string of the molecule is CN(C)C(=O)CN1CCC(N2CCC(N)CC2)C1. The normalized spacial score (nSPS) is 27.6. The number of nitrogens with zero attached hydrogens (tertiary/aromatic N) is 3. The maximum Gasteiger partial charge on any atom is 0.236 e. The van der Waals surface area contributed by atoms with Gasteiger partial charge in [-0.05, 0) is 32.4 Å². The van der Waals surface area contributed by atoms with Crippen LogP contribution in [0.2, 0.25) is 0 Å². The summed E-state index contributed by atoms with van der Waals surface area (Å²) in [7, 11) is 3.64. The second-order valence-corrected chi connectivity index (χ2v) is 5.84. The minimum absolute atomic E-state index is 0.205. The molecule has 5 heteroatoms. The van der Waals surface area contributed by atoms with Crippen molar-refractivity contribution in [1.82, 2.24) is 14.7 Å². The summed E-state index contributed by atoms with van der Waals surface area (Å²) in [5.74, 6) is 0.205. The standard InChI is InChI=1S/C13H26N4O/c1-15(2)13(18)10-16-6-5-12(9-16)17-7-3-11(14)4-8-17/h11-12H,3-10,14H2,1-2H3. The summed E-state index contributed by atoms with van der Waals surface area (Å²) >= 11 is 0. The Labute approximate surface area is 110 Å². The van der Waals surface area contributed by atoms with E-state index in [1.165, 1.54) is 6.42 Å². The van der Waals surface area contributed by atoms with Crippen LogP contribution in [-0.4, -0.2) is 79.5 Å². The molecule has 5 nitrogen and oxygen atoms in total. The van der Waals surface area contributed by atoms with Gasteiger partial charge in [-0.1, -0.05) is 0 Å². The van der Waals surface area contributed by atoms with E-state index in [0.29, 0.717) is 18.6 Å². The Kier molecular flexibility index (Phi) is 4.59. The second kappa shape index (κ2) is 5.99. The van der Waals surface area contributed by atoms with Crippen LogP contribution in [0.4, 0.5) is 0 Å². The van der Waals surface area contributed by atoms with Crippen molar-refractivity contribution in [2.45, 2.75) is 31.3 Å². The Morgan fingerprint density at radius 3 is 2.50 bits per heavy atom. The lowest BCUT2D eigenvalue weighted by atomic mass is 10.0. The molecule has 2 aliphatic rings. The van der Waals surface area contributed by atoms with E-state index in [1.807, 2.05) is 14.1 Å². The first-order valence-corrected chi connectivity index (χ1v) is 6.98. The zero-order valence-corrected chi connectivity index (χ0v) is 11.6. The smallest absolute Gasteiger partial charge is 0.236 e. The topological polar surface area (TPSA) is 52.8 Å². The number of piperidine rings is 1. The highest BCUT2D eigenvalue weighted by molar-refractivity contribution is 5.77. The number of amides is 1. The number of likely N-dealkylation sites (N-methyl/N-ethyl adjacent to an activating group) is 1. The Morgan fingerprint density at radius 1 is 1.22 bits per heavy atom. The van der Waals surface area contributed by atoms with E-state index < -0.39 is 0 Å². The van der Waals surface area contributed by atoms with Crippen molar-refractivity contribution in [3.8, 4) is 0 Å². The number of likely N-dealkylation sites (tertiary alicyclic amines) is 2. The molecule has 0 aliphatic carbocycles. The summed E-state index contributed by atoms with van der Waals surface area (Å²) < 4.78 is 0. The molecule has 2 fully saturated rings. The third-order valence-electron chi connectivity index (χ3n) is 4.20. The first kappa shape index (κ1) is 13.8. The molecule has 0 aromatic heterocycles. The third-order valence-corrected chi connectivity index (χ3v) is 4.20. The highest BCUT2D eigenvalue weighted by atomic mass is 16.2. The number of nitrogens with two attached hydrogens (primary N) is 1. The van der Waals surface area contributed by atoms with Crippen molar-refractivity contribution in [3.05, 3.63) is 0 Å². The number of hydrogen-bond donors (Lipinski definition) is 1. The third kappa shape index (κ3) is 3.43. The average Bonchev–Trinajstić information content (AvgIpc) is 2.78. The Morgan fingerprint density at radius 2 is 1.89 bits per heavy atom. The minimum Gasteiger partial charge on any atom is -0.348 e. The molecule has 2 aliphatic heterocycles. The molecule has 0 spiro atoms. The Balaban J connectivity index is 1.76. The maximum atomic E-state index is 11.7. The molecular weight excluding hydrogens is 228 g/mol. The summed E-state index contributed by atoms with van der Waals surface area (Å²) in [5, 5.41) is 0. The van der Waals surface area contributed by atoms with Gasteiger partial charge in [-0.3, -0.25) is 14.6 Å². The highest BCUT2D eigenvalue weighted by Crippen LogP contribution is 2.19. The van der Waals surface area contributed by atoms with Crippen LogP contribution in [0.25, 0.3) is 0 Å². The molecule has 2 heterocycles. The van der Waals surface area contributed by atoms with Gasteiger partial charge in [0.2, 0.25) is 5.91 Å². The van der Waals surface area contributed by atoms with Crippen LogP contribution in [-0.2, 0) is 4.79 Å². The van der Waals surface area contributed by atoms with E-state index in [4.69, 9.17) is 5.73 Å². The van der Waals surface area contributed by atoms with E-state index in [0.717, 1.165) is 39.0 Å².